The van der Waals surface area contributed by atoms with Gasteiger partial charge < -0.3 is 9.80 Å². The highest BCUT2D eigenvalue weighted by Crippen LogP contribution is 2.24. The number of amides is 1. The maximum Gasteiger partial charge on any atom is 0.254 e. The number of anilines is 1. The predicted octanol–water partition coefficient (Wildman–Crippen LogP) is 4.74. The predicted molar refractivity (Wildman–Crippen MR) is 125 cm³/mol. The summed E-state index contributed by atoms with van der Waals surface area (Å²) in [6, 6.07) is 18.6. The average molecular weight is 429 g/mol. The lowest BCUT2D eigenvalue weighted by molar-refractivity contribution is 0.0747. The molecule has 1 fully saturated rings. The molecule has 0 atom stereocenters. The minimum Gasteiger partial charge on any atom is -0.368 e. The van der Waals surface area contributed by atoms with Gasteiger partial charge in [0.2, 0.25) is 0 Å². The van der Waals surface area contributed by atoms with E-state index in [1.807, 2.05) is 29.4 Å². The summed E-state index contributed by atoms with van der Waals surface area (Å²) in [5, 5.41) is 0. The maximum atomic E-state index is 13.2. The smallest absolute Gasteiger partial charge is 0.254 e. The number of halogens is 1. The van der Waals surface area contributed by atoms with Gasteiger partial charge in [-0.05, 0) is 67.9 Å². The standard InChI is InChI=1S/C26H25FN4O/c1-18-3-9-24(19(2)15-18)31-17-28-23-16-20(4-10-25(23)31)26(32)30-13-11-29(12-14-30)22-7-5-21(27)6-8-22/h3-10,15-17H,11-14H2,1-2H3. The van der Waals surface area contributed by atoms with Gasteiger partial charge in [0.25, 0.3) is 5.91 Å². The number of nitrogens with zero attached hydrogens (tertiary/aromatic N) is 4. The summed E-state index contributed by atoms with van der Waals surface area (Å²) in [5.74, 6) is -0.218. The molecular weight excluding hydrogens is 403 g/mol. The lowest BCUT2D eigenvalue weighted by Gasteiger charge is -2.36. The number of carbonyl (C=O) groups excluding carboxylic acids is 1. The van der Waals surface area contributed by atoms with Crippen LogP contribution in [-0.2, 0) is 0 Å². The third-order valence-corrected chi connectivity index (χ3v) is 6.16. The van der Waals surface area contributed by atoms with Crippen LogP contribution >= 0.6 is 0 Å². The molecule has 1 aliphatic rings. The van der Waals surface area contributed by atoms with E-state index in [1.165, 1.54) is 23.3 Å². The second kappa shape index (κ2) is 8.11. The maximum absolute atomic E-state index is 13.2. The first-order valence-corrected chi connectivity index (χ1v) is 10.8. The molecule has 0 N–H and O–H groups in total. The number of aryl methyl sites for hydroxylation is 2. The fourth-order valence-corrected chi connectivity index (χ4v) is 4.42. The zero-order chi connectivity index (χ0) is 22.2. The summed E-state index contributed by atoms with van der Waals surface area (Å²) in [5.41, 5.74) is 6.92. The minimum atomic E-state index is -0.238. The van der Waals surface area contributed by atoms with Gasteiger partial charge in [0.1, 0.15) is 12.1 Å². The number of hydrogen-bond donors (Lipinski definition) is 0. The molecule has 1 aromatic heterocycles. The summed E-state index contributed by atoms with van der Waals surface area (Å²) >= 11 is 0. The van der Waals surface area contributed by atoms with Gasteiger partial charge in [0.05, 0.1) is 16.7 Å². The van der Waals surface area contributed by atoms with Crippen LogP contribution in [0.3, 0.4) is 0 Å². The van der Waals surface area contributed by atoms with Gasteiger partial charge in [0.15, 0.2) is 0 Å². The topological polar surface area (TPSA) is 41.4 Å². The number of carbonyl (C=O) groups is 1. The third kappa shape index (κ3) is 3.73. The van der Waals surface area contributed by atoms with Crippen molar-refractivity contribution in [2.24, 2.45) is 0 Å². The molecule has 2 heterocycles. The molecule has 0 aliphatic carbocycles. The molecule has 0 bridgehead atoms. The summed E-state index contributed by atoms with van der Waals surface area (Å²) in [7, 11) is 0. The molecule has 5 nitrogen and oxygen atoms in total. The van der Waals surface area contributed by atoms with Crippen LogP contribution in [0.4, 0.5) is 10.1 Å². The first kappa shape index (κ1) is 20.2. The van der Waals surface area contributed by atoms with E-state index < -0.39 is 0 Å². The molecule has 162 valence electrons. The Bertz CT molecular complexity index is 1290. The number of benzene rings is 3. The molecule has 3 aromatic carbocycles. The Morgan fingerprint density at radius 1 is 0.906 bits per heavy atom. The molecule has 32 heavy (non-hydrogen) atoms. The van der Waals surface area contributed by atoms with Crippen molar-refractivity contribution in [1.82, 2.24) is 14.5 Å². The third-order valence-electron chi connectivity index (χ3n) is 6.16. The van der Waals surface area contributed by atoms with Crippen LogP contribution in [0.5, 0.6) is 0 Å². The van der Waals surface area contributed by atoms with Crippen molar-refractivity contribution in [2.75, 3.05) is 31.1 Å². The van der Waals surface area contributed by atoms with E-state index in [-0.39, 0.29) is 11.7 Å². The van der Waals surface area contributed by atoms with E-state index in [4.69, 9.17) is 0 Å². The second-order valence-corrected chi connectivity index (χ2v) is 8.36. The lowest BCUT2D eigenvalue weighted by atomic mass is 10.1. The van der Waals surface area contributed by atoms with Gasteiger partial charge >= 0.3 is 0 Å². The van der Waals surface area contributed by atoms with Crippen molar-refractivity contribution in [3.05, 3.63) is 89.5 Å². The van der Waals surface area contributed by atoms with Gasteiger partial charge in [0, 0.05) is 37.4 Å². The number of hydrogen-bond acceptors (Lipinski definition) is 3. The monoisotopic (exact) mass is 428 g/mol. The van der Waals surface area contributed by atoms with Gasteiger partial charge in [-0.25, -0.2) is 9.37 Å². The molecule has 1 saturated heterocycles. The van der Waals surface area contributed by atoms with E-state index in [9.17, 15) is 9.18 Å². The molecule has 6 heteroatoms. The Kier molecular flexibility index (Phi) is 5.13. The zero-order valence-electron chi connectivity index (χ0n) is 18.3. The van der Waals surface area contributed by atoms with Crippen molar-refractivity contribution in [3.63, 3.8) is 0 Å². The van der Waals surface area contributed by atoms with E-state index in [0.717, 1.165) is 35.5 Å². The quantitative estimate of drug-likeness (QED) is 0.473. The first-order chi connectivity index (χ1) is 15.5. The Hall–Kier alpha value is -3.67. The molecule has 1 amide bonds. The Morgan fingerprint density at radius 3 is 2.38 bits per heavy atom. The highest BCUT2D eigenvalue weighted by molar-refractivity contribution is 5.97. The fraction of sp³-hybridized carbons (Fsp3) is 0.231. The zero-order valence-corrected chi connectivity index (χ0v) is 18.3. The number of piperazine rings is 1. The van der Waals surface area contributed by atoms with Crippen LogP contribution in [0.25, 0.3) is 16.7 Å². The molecule has 5 rings (SSSR count). The second-order valence-electron chi connectivity index (χ2n) is 8.36. The SMILES string of the molecule is Cc1ccc(-n2cnc3cc(C(=O)N4CCN(c5ccc(F)cc5)CC4)ccc32)c(C)c1. The van der Waals surface area contributed by atoms with E-state index in [2.05, 4.69) is 46.5 Å². The largest absolute Gasteiger partial charge is 0.368 e. The van der Waals surface area contributed by atoms with Crippen LogP contribution in [0.15, 0.2) is 67.0 Å². The number of rotatable bonds is 3. The Balaban J connectivity index is 1.33. The van der Waals surface area contributed by atoms with Crippen molar-refractivity contribution < 1.29 is 9.18 Å². The Morgan fingerprint density at radius 2 is 1.66 bits per heavy atom. The molecule has 0 spiro atoms. The van der Waals surface area contributed by atoms with Gasteiger partial charge in [-0.1, -0.05) is 17.7 Å². The van der Waals surface area contributed by atoms with Gasteiger partial charge in [-0.3, -0.25) is 9.36 Å². The number of imidazole rings is 1. The number of fused-ring (bicyclic) bond motifs is 1. The van der Waals surface area contributed by atoms with Crippen LogP contribution in [0.1, 0.15) is 21.5 Å². The molecule has 0 unspecified atom stereocenters. The fourth-order valence-electron chi connectivity index (χ4n) is 4.42. The highest BCUT2D eigenvalue weighted by Gasteiger charge is 2.23. The van der Waals surface area contributed by atoms with E-state index in [0.29, 0.717) is 18.7 Å². The Labute approximate surface area is 186 Å². The molecule has 4 aromatic rings. The summed E-state index contributed by atoms with van der Waals surface area (Å²) in [6.45, 7) is 6.89. The summed E-state index contributed by atoms with van der Waals surface area (Å²) < 4.78 is 15.2. The molecule has 1 aliphatic heterocycles. The normalized spacial score (nSPS) is 14.2. The van der Waals surface area contributed by atoms with Crippen molar-refractivity contribution in [2.45, 2.75) is 13.8 Å². The van der Waals surface area contributed by atoms with E-state index in [1.54, 1.807) is 12.1 Å². The van der Waals surface area contributed by atoms with Gasteiger partial charge in [-0.15, -0.1) is 0 Å². The number of aromatic nitrogens is 2. The highest BCUT2D eigenvalue weighted by atomic mass is 19.1. The van der Waals surface area contributed by atoms with Crippen LogP contribution in [0.2, 0.25) is 0 Å². The van der Waals surface area contributed by atoms with Gasteiger partial charge in [-0.2, -0.15) is 0 Å². The lowest BCUT2D eigenvalue weighted by Crippen LogP contribution is -2.48. The summed E-state index contributed by atoms with van der Waals surface area (Å²) in [6.07, 6.45) is 1.82. The van der Waals surface area contributed by atoms with Crippen molar-refractivity contribution in [1.29, 1.82) is 0 Å². The molecular formula is C26H25FN4O. The molecule has 0 radical (unpaired) electrons. The molecule has 0 saturated carbocycles. The average Bonchev–Trinajstić information content (AvgIpc) is 3.22. The van der Waals surface area contributed by atoms with Crippen LogP contribution in [0, 0.1) is 19.7 Å². The van der Waals surface area contributed by atoms with Crippen molar-refractivity contribution in [3.8, 4) is 5.69 Å². The minimum absolute atomic E-state index is 0.0201. The van der Waals surface area contributed by atoms with Crippen molar-refractivity contribution >= 4 is 22.6 Å². The van der Waals surface area contributed by atoms with Crippen LogP contribution < -0.4 is 4.90 Å². The van der Waals surface area contributed by atoms with E-state index >= 15 is 0 Å². The first-order valence-electron chi connectivity index (χ1n) is 10.8. The van der Waals surface area contributed by atoms with Crippen LogP contribution in [-0.4, -0.2) is 46.5 Å². The summed E-state index contributed by atoms with van der Waals surface area (Å²) in [4.78, 5) is 21.7.